The van der Waals surface area contributed by atoms with E-state index in [0.717, 1.165) is 38.8 Å². The van der Waals surface area contributed by atoms with Crippen LogP contribution in [0.1, 0.15) is 57.8 Å². The van der Waals surface area contributed by atoms with Gasteiger partial charge in [-0.3, -0.25) is 0 Å². The molecule has 4 heteroatoms. The van der Waals surface area contributed by atoms with E-state index < -0.39 is 0 Å². The zero-order chi connectivity index (χ0) is 12.6. The van der Waals surface area contributed by atoms with Crippen molar-refractivity contribution in [3.05, 3.63) is 0 Å². The lowest BCUT2D eigenvalue weighted by Crippen LogP contribution is -2.43. The summed E-state index contributed by atoms with van der Waals surface area (Å²) < 4.78 is 5.64. The molecule has 18 heavy (non-hydrogen) atoms. The monoisotopic (exact) mass is 254 g/mol. The summed E-state index contributed by atoms with van der Waals surface area (Å²) in [6, 6.07) is 0.391. The third kappa shape index (κ3) is 4.84. The predicted octanol–water partition coefficient (Wildman–Crippen LogP) is 2.58. The van der Waals surface area contributed by atoms with Crippen molar-refractivity contribution in [2.75, 3.05) is 13.2 Å². The van der Waals surface area contributed by atoms with Crippen LogP contribution in [0, 0.1) is 0 Å². The number of carbonyl (C=O) groups is 1. The Bertz CT molecular complexity index is 246. The van der Waals surface area contributed by atoms with E-state index in [2.05, 4.69) is 10.6 Å². The van der Waals surface area contributed by atoms with E-state index in [1.54, 1.807) is 0 Å². The number of amides is 2. The molecule has 2 amide bonds. The third-order valence-electron chi connectivity index (χ3n) is 3.97. The molecule has 2 aliphatic rings. The van der Waals surface area contributed by atoms with Crippen LogP contribution in [0.25, 0.3) is 0 Å². The number of urea groups is 1. The first-order valence-electron chi connectivity index (χ1n) is 7.50. The topological polar surface area (TPSA) is 50.4 Å². The second-order valence-corrected chi connectivity index (χ2v) is 5.51. The van der Waals surface area contributed by atoms with E-state index in [1.165, 1.54) is 32.1 Å². The smallest absolute Gasteiger partial charge is 0.315 e. The maximum atomic E-state index is 11.7. The standard InChI is InChI=1S/C14H26N2O2/c17-14(16-12-6-2-1-3-7-12)15-10-9-13-8-4-5-11-18-13/h12-13H,1-11H2,(H2,15,16,17). The summed E-state index contributed by atoms with van der Waals surface area (Å²) in [5, 5.41) is 6.01. The average Bonchev–Trinajstić information content (AvgIpc) is 2.41. The molecule has 1 aliphatic carbocycles. The third-order valence-corrected chi connectivity index (χ3v) is 3.97. The minimum Gasteiger partial charge on any atom is -0.378 e. The van der Waals surface area contributed by atoms with Gasteiger partial charge in [0.15, 0.2) is 0 Å². The van der Waals surface area contributed by atoms with Crippen molar-refractivity contribution in [2.24, 2.45) is 0 Å². The highest BCUT2D eigenvalue weighted by Crippen LogP contribution is 2.17. The molecular formula is C14H26N2O2. The van der Waals surface area contributed by atoms with Crippen LogP contribution in [0.15, 0.2) is 0 Å². The van der Waals surface area contributed by atoms with Crippen molar-refractivity contribution in [2.45, 2.75) is 69.9 Å². The summed E-state index contributed by atoms with van der Waals surface area (Å²) in [5.74, 6) is 0. The number of carbonyl (C=O) groups excluding carboxylic acids is 1. The van der Waals surface area contributed by atoms with Crippen LogP contribution < -0.4 is 10.6 Å². The molecule has 0 bridgehead atoms. The SMILES string of the molecule is O=C(NCCC1CCCCO1)NC1CCCCC1. The van der Waals surface area contributed by atoms with Crippen LogP contribution in [-0.2, 0) is 4.74 Å². The quantitative estimate of drug-likeness (QED) is 0.810. The second kappa shape index (κ2) is 7.62. The highest BCUT2D eigenvalue weighted by atomic mass is 16.5. The Labute approximate surface area is 110 Å². The van der Waals surface area contributed by atoms with E-state index in [9.17, 15) is 4.79 Å². The molecule has 1 saturated heterocycles. The van der Waals surface area contributed by atoms with Gasteiger partial charge in [0.1, 0.15) is 0 Å². The van der Waals surface area contributed by atoms with Gasteiger partial charge in [-0.25, -0.2) is 4.79 Å². The number of nitrogens with one attached hydrogen (secondary N) is 2. The summed E-state index contributed by atoms with van der Waals surface area (Å²) in [5.41, 5.74) is 0. The Morgan fingerprint density at radius 2 is 1.83 bits per heavy atom. The van der Waals surface area contributed by atoms with Gasteiger partial charge in [0.05, 0.1) is 6.10 Å². The molecule has 1 aliphatic heterocycles. The average molecular weight is 254 g/mol. The predicted molar refractivity (Wildman–Crippen MR) is 71.6 cm³/mol. The molecule has 1 heterocycles. The molecule has 1 atom stereocenters. The zero-order valence-corrected chi connectivity index (χ0v) is 11.2. The van der Waals surface area contributed by atoms with Crippen molar-refractivity contribution in [3.8, 4) is 0 Å². The Hall–Kier alpha value is -0.770. The first kappa shape index (κ1) is 13.7. The fourth-order valence-electron chi connectivity index (χ4n) is 2.87. The van der Waals surface area contributed by atoms with E-state index >= 15 is 0 Å². The first-order chi connectivity index (χ1) is 8.84. The van der Waals surface area contributed by atoms with Crippen molar-refractivity contribution < 1.29 is 9.53 Å². The Kier molecular flexibility index (Phi) is 5.78. The summed E-state index contributed by atoms with van der Waals surface area (Å²) in [7, 11) is 0. The van der Waals surface area contributed by atoms with Crippen molar-refractivity contribution >= 4 is 6.03 Å². The van der Waals surface area contributed by atoms with E-state index in [0.29, 0.717) is 12.1 Å². The molecule has 2 rings (SSSR count). The number of rotatable bonds is 4. The van der Waals surface area contributed by atoms with Crippen LogP contribution in [0.4, 0.5) is 4.79 Å². The van der Waals surface area contributed by atoms with Gasteiger partial charge in [-0.2, -0.15) is 0 Å². The Morgan fingerprint density at radius 3 is 2.56 bits per heavy atom. The fourth-order valence-corrected chi connectivity index (χ4v) is 2.87. The molecule has 0 aromatic heterocycles. The highest BCUT2D eigenvalue weighted by molar-refractivity contribution is 5.74. The van der Waals surface area contributed by atoms with Crippen LogP contribution in [0.2, 0.25) is 0 Å². The zero-order valence-electron chi connectivity index (χ0n) is 11.2. The molecule has 0 radical (unpaired) electrons. The van der Waals surface area contributed by atoms with Crippen molar-refractivity contribution in [1.82, 2.24) is 10.6 Å². The minimum atomic E-state index is -0.00212. The van der Waals surface area contributed by atoms with Crippen molar-refractivity contribution in [3.63, 3.8) is 0 Å². The highest BCUT2D eigenvalue weighted by Gasteiger charge is 2.16. The Balaban J connectivity index is 1.53. The molecule has 0 aromatic rings. The minimum absolute atomic E-state index is 0.00212. The number of hydrogen-bond donors (Lipinski definition) is 2. The first-order valence-corrected chi connectivity index (χ1v) is 7.50. The summed E-state index contributed by atoms with van der Waals surface area (Å²) >= 11 is 0. The van der Waals surface area contributed by atoms with Gasteiger partial charge in [0, 0.05) is 19.2 Å². The van der Waals surface area contributed by atoms with Crippen LogP contribution in [-0.4, -0.2) is 31.3 Å². The molecule has 1 saturated carbocycles. The van der Waals surface area contributed by atoms with Gasteiger partial charge in [0.2, 0.25) is 0 Å². The molecule has 1 unspecified atom stereocenters. The molecule has 4 nitrogen and oxygen atoms in total. The van der Waals surface area contributed by atoms with Gasteiger partial charge in [-0.05, 0) is 38.5 Å². The maximum Gasteiger partial charge on any atom is 0.315 e. The maximum absolute atomic E-state index is 11.7. The molecule has 104 valence electrons. The summed E-state index contributed by atoms with van der Waals surface area (Å²) in [6.07, 6.45) is 11.0. The summed E-state index contributed by atoms with van der Waals surface area (Å²) in [4.78, 5) is 11.7. The molecule has 2 N–H and O–H groups in total. The van der Waals surface area contributed by atoms with Gasteiger partial charge in [-0.15, -0.1) is 0 Å². The van der Waals surface area contributed by atoms with Crippen molar-refractivity contribution in [1.29, 1.82) is 0 Å². The van der Waals surface area contributed by atoms with Crippen LogP contribution >= 0.6 is 0 Å². The lowest BCUT2D eigenvalue weighted by molar-refractivity contribution is 0.0120. The second-order valence-electron chi connectivity index (χ2n) is 5.51. The molecule has 0 aromatic carbocycles. The van der Waals surface area contributed by atoms with Crippen LogP contribution in [0.3, 0.4) is 0 Å². The lowest BCUT2D eigenvalue weighted by Gasteiger charge is -2.24. The van der Waals surface area contributed by atoms with E-state index in [-0.39, 0.29) is 6.03 Å². The van der Waals surface area contributed by atoms with Gasteiger partial charge < -0.3 is 15.4 Å². The van der Waals surface area contributed by atoms with E-state index in [1.807, 2.05) is 0 Å². The Morgan fingerprint density at radius 1 is 1.06 bits per heavy atom. The molecule has 2 fully saturated rings. The van der Waals surface area contributed by atoms with Gasteiger partial charge >= 0.3 is 6.03 Å². The number of ether oxygens (including phenoxy) is 1. The van der Waals surface area contributed by atoms with Gasteiger partial charge in [0.25, 0.3) is 0 Å². The summed E-state index contributed by atoms with van der Waals surface area (Å²) in [6.45, 7) is 1.61. The molecular weight excluding hydrogens is 228 g/mol. The van der Waals surface area contributed by atoms with E-state index in [4.69, 9.17) is 4.74 Å². The normalized spacial score (nSPS) is 25.7. The largest absolute Gasteiger partial charge is 0.378 e. The molecule has 0 spiro atoms. The van der Waals surface area contributed by atoms with Crippen LogP contribution in [0.5, 0.6) is 0 Å². The fraction of sp³-hybridized carbons (Fsp3) is 0.929. The number of hydrogen-bond acceptors (Lipinski definition) is 2. The lowest BCUT2D eigenvalue weighted by atomic mass is 9.96. The van der Waals surface area contributed by atoms with Gasteiger partial charge in [-0.1, -0.05) is 19.3 Å².